The normalized spacial score (nSPS) is 9.30. The zero-order chi connectivity index (χ0) is 15.5. The van der Waals surface area contributed by atoms with Crippen LogP contribution in [0.15, 0.2) is 24.8 Å². The lowest BCUT2D eigenvalue weighted by molar-refractivity contribution is -0.138. The molecule has 20 heavy (non-hydrogen) atoms. The summed E-state index contributed by atoms with van der Waals surface area (Å²) >= 11 is 0. The second-order valence-electron chi connectivity index (χ2n) is 3.94. The molecule has 0 saturated heterocycles. The molecule has 0 spiro atoms. The first-order valence-electron chi connectivity index (χ1n) is 5.99. The second kappa shape index (κ2) is 9.60. The van der Waals surface area contributed by atoms with Crippen molar-refractivity contribution < 1.29 is 23.9 Å². The highest BCUT2D eigenvalue weighted by Gasteiger charge is 2.07. The minimum atomic E-state index is -0.643. The topological polar surface area (TPSA) is 84.9 Å². The van der Waals surface area contributed by atoms with E-state index in [1.165, 1.54) is 17.9 Å². The molecule has 0 unspecified atom stereocenters. The van der Waals surface area contributed by atoms with E-state index in [4.69, 9.17) is 9.47 Å². The molecular weight excluding hydrogens is 264 g/mol. The fraction of sp³-hybridized carbons (Fsp3) is 0.462. The first-order valence-corrected chi connectivity index (χ1v) is 5.99. The fourth-order valence-corrected chi connectivity index (χ4v) is 1.01. The maximum Gasteiger partial charge on any atom is 0.407 e. The predicted molar refractivity (Wildman–Crippen MR) is 73.0 cm³/mol. The summed E-state index contributed by atoms with van der Waals surface area (Å²) in [6, 6.07) is 0. The number of carbonyl (C=O) groups is 3. The minimum absolute atomic E-state index is 0.0373. The summed E-state index contributed by atoms with van der Waals surface area (Å²) in [6.07, 6.45) is 0.534. The zero-order valence-electron chi connectivity index (χ0n) is 11.8. The van der Waals surface area contributed by atoms with Crippen molar-refractivity contribution in [2.45, 2.75) is 6.92 Å². The van der Waals surface area contributed by atoms with E-state index in [-0.39, 0.29) is 32.2 Å². The van der Waals surface area contributed by atoms with Crippen molar-refractivity contribution in [3.8, 4) is 0 Å². The Morgan fingerprint density at radius 2 is 1.90 bits per heavy atom. The van der Waals surface area contributed by atoms with Crippen LogP contribution >= 0.6 is 0 Å². The molecule has 7 nitrogen and oxygen atoms in total. The first kappa shape index (κ1) is 17.7. The van der Waals surface area contributed by atoms with Crippen LogP contribution in [-0.2, 0) is 19.1 Å². The van der Waals surface area contributed by atoms with Gasteiger partial charge >= 0.3 is 12.1 Å². The molecule has 0 atom stereocenters. The van der Waals surface area contributed by atoms with Gasteiger partial charge in [-0.2, -0.15) is 0 Å². The van der Waals surface area contributed by atoms with E-state index in [1.807, 2.05) is 0 Å². The summed E-state index contributed by atoms with van der Waals surface area (Å²) in [5.74, 6) is -0.759. The van der Waals surface area contributed by atoms with Crippen LogP contribution in [0.3, 0.4) is 0 Å². The molecule has 0 aromatic rings. The summed E-state index contributed by atoms with van der Waals surface area (Å²) < 4.78 is 9.60. The van der Waals surface area contributed by atoms with E-state index in [1.54, 1.807) is 7.05 Å². The van der Waals surface area contributed by atoms with E-state index in [2.05, 4.69) is 18.5 Å². The van der Waals surface area contributed by atoms with Gasteiger partial charge < -0.3 is 19.7 Å². The van der Waals surface area contributed by atoms with Crippen LogP contribution in [-0.4, -0.2) is 56.2 Å². The lowest BCUT2D eigenvalue weighted by atomic mass is 10.4. The van der Waals surface area contributed by atoms with Gasteiger partial charge in [0, 0.05) is 12.6 Å². The van der Waals surface area contributed by atoms with Crippen LogP contribution in [0, 0.1) is 0 Å². The molecule has 0 saturated carbocycles. The van der Waals surface area contributed by atoms with Gasteiger partial charge in [-0.1, -0.05) is 13.2 Å². The van der Waals surface area contributed by atoms with Crippen LogP contribution in [0.25, 0.3) is 0 Å². The predicted octanol–water partition coefficient (Wildman–Crippen LogP) is 0.476. The number of likely N-dealkylation sites (N-methyl/N-ethyl adjacent to an activating group) is 1. The second-order valence-corrected chi connectivity index (χ2v) is 3.94. The summed E-state index contributed by atoms with van der Waals surface area (Å²) in [6.45, 7) is 8.80. The number of rotatable bonds is 8. The van der Waals surface area contributed by atoms with Gasteiger partial charge in [0.25, 0.3) is 0 Å². The minimum Gasteiger partial charge on any atom is -0.460 e. The number of ether oxygens (including phenoxy) is 2. The summed E-state index contributed by atoms with van der Waals surface area (Å²) in [4.78, 5) is 34.7. The largest absolute Gasteiger partial charge is 0.460 e. The molecule has 1 N–H and O–H groups in total. The maximum atomic E-state index is 11.2. The molecule has 0 aliphatic rings. The van der Waals surface area contributed by atoms with Gasteiger partial charge in [-0.05, 0) is 13.0 Å². The standard InChI is InChI=1S/C13H20N2O5/c1-5-11(16)15(4)7-9-20-13(18)14-6-8-19-12(17)10(2)3/h5H,1-2,6-9H2,3-4H3,(H,14,18). The number of nitrogens with one attached hydrogen (secondary N) is 1. The highest BCUT2D eigenvalue weighted by atomic mass is 16.6. The number of carbonyl (C=O) groups excluding carboxylic acids is 3. The van der Waals surface area contributed by atoms with Gasteiger partial charge in [0.1, 0.15) is 13.2 Å². The Morgan fingerprint density at radius 3 is 2.45 bits per heavy atom. The molecule has 0 aliphatic carbocycles. The van der Waals surface area contributed by atoms with Crippen molar-refractivity contribution in [1.82, 2.24) is 10.2 Å². The van der Waals surface area contributed by atoms with Crippen molar-refractivity contribution in [1.29, 1.82) is 0 Å². The lowest BCUT2D eigenvalue weighted by Gasteiger charge is -2.14. The molecule has 0 bridgehead atoms. The van der Waals surface area contributed by atoms with Gasteiger partial charge in [-0.3, -0.25) is 4.79 Å². The third kappa shape index (κ3) is 7.91. The van der Waals surface area contributed by atoms with Gasteiger partial charge in [0.2, 0.25) is 5.91 Å². The Morgan fingerprint density at radius 1 is 1.25 bits per heavy atom. The van der Waals surface area contributed by atoms with Crippen molar-refractivity contribution in [3.63, 3.8) is 0 Å². The lowest BCUT2D eigenvalue weighted by Crippen LogP contribution is -2.33. The molecule has 0 heterocycles. The third-order valence-electron chi connectivity index (χ3n) is 2.16. The van der Waals surface area contributed by atoms with Gasteiger partial charge in [0.05, 0.1) is 13.1 Å². The smallest absolute Gasteiger partial charge is 0.407 e. The van der Waals surface area contributed by atoms with Gasteiger partial charge in [0.15, 0.2) is 0 Å². The molecule has 0 fully saturated rings. The van der Waals surface area contributed by atoms with Crippen molar-refractivity contribution in [2.75, 3.05) is 33.4 Å². The van der Waals surface area contributed by atoms with Crippen LogP contribution < -0.4 is 5.32 Å². The number of hydrogen-bond donors (Lipinski definition) is 1. The molecule has 0 aromatic heterocycles. The van der Waals surface area contributed by atoms with Gasteiger partial charge in [-0.15, -0.1) is 0 Å². The van der Waals surface area contributed by atoms with Crippen molar-refractivity contribution in [2.24, 2.45) is 0 Å². The van der Waals surface area contributed by atoms with Crippen LogP contribution in [0.2, 0.25) is 0 Å². The molecule has 0 aromatic carbocycles. The van der Waals surface area contributed by atoms with Crippen molar-refractivity contribution in [3.05, 3.63) is 24.8 Å². The summed E-state index contributed by atoms with van der Waals surface area (Å²) in [5, 5.41) is 2.40. The number of hydrogen-bond acceptors (Lipinski definition) is 5. The highest BCUT2D eigenvalue weighted by Crippen LogP contribution is 1.91. The molecule has 0 rings (SSSR count). The molecule has 0 radical (unpaired) electrons. The van der Waals surface area contributed by atoms with E-state index in [0.717, 1.165) is 0 Å². The first-order chi connectivity index (χ1) is 9.38. The van der Waals surface area contributed by atoms with Crippen LogP contribution in [0.1, 0.15) is 6.92 Å². The third-order valence-corrected chi connectivity index (χ3v) is 2.16. The maximum absolute atomic E-state index is 11.2. The molecule has 7 heteroatoms. The van der Waals surface area contributed by atoms with E-state index >= 15 is 0 Å². The monoisotopic (exact) mass is 284 g/mol. The molecule has 0 aliphatic heterocycles. The summed E-state index contributed by atoms with van der Waals surface area (Å²) in [7, 11) is 1.57. The quantitative estimate of drug-likeness (QED) is 0.398. The highest BCUT2D eigenvalue weighted by molar-refractivity contribution is 5.87. The average Bonchev–Trinajstić information content (AvgIpc) is 2.41. The number of nitrogens with zero attached hydrogens (tertiary/aromatic N) is 1. The number of esters is 1. The molecule has 2 amide bonds. The molecular formula is C13H20N2O5. The van der Waals surface area contributed by atoms with Crippen LogP contribution in [0.5, 0.6) is 0 Å². The average molecular weight is 284 g/mol. The fourth-order valence-electron chi connectivity index (χ4n) is 1.01. The Balaban J connectivity index is 3.65. The Labute approximate surface area is 118 Å². The van der Waals surface area contributed by atoms with E-state index < -0.39 is 12.1 Å². The molecule has 112 valence electrons. The van der Waals surface area contributed by atoms with E-state index in [0.29, 0.717) is 5.57 Å². The Hall–Kier alpha value is -2.31. The summed E-state index contributed by atoms with van der Waals surface area (Å²) in [5.41, 5.74) is 0.294. The number of amides is 2. The Bertz CT molecular complexity index is 392. The van der Waals surface area contributed by atoms with Crippen molar-refractivity contribution >= 4 is 18.0 Å². The Kier molecular flexibility index (Phi) is 8.49. The van der Waals surface area contributed by atoms with Gasteiger partial charge in [-0.25, -0.2) is 9.59 Å². The zero-order valence-corrected chi connectivity index (χ0v) is 11.8. The van der Waals surface area contributed by atoms with Crippen LogP contribution in [0.4, 0.5) is 4.79 Å². The van der Waals surface area contributed by atoms with E-state index in [9.17, 15) is 14.4 Å². The SMILES string of the molecule is C=CC(=O)N(C)CCOC(=O)NCCOC(=O)C(=C)C. The number of alkyl carbamates (subject to hydrolysis) is 1.